The van der Waals surface area contributed by atoms with E-state index in [1.165, 1.54) is 77.0 Å². The third-order valence-electron chi connectivity index (χ3n) is 5.75. The average Bonchev–Trinajstić information content (AvgIpc) is 2.67. The molecule has 0 radical (unpaired) electrons. The number of quaternary nitrogens is 1. The van der Waals surface area contributed by atoms with Gasteiger partial charge in [-0.3, -0.25) is 4.57 Å². The Balaban J connectivity index is 3.57. The molecule has 1 N–H and O–H groups in total. The first-order valence-corrected chi connectivity index (χ1v) is 14.3. The molecular formula is C25H53NO3P+. The lowest BCUT2D eigenvalue weighted by Gasteiger charge is -2.35. The molecule has 0 aliphatic heterocycles. The number of allylic oxidation sites excluding steroid dienone is 2. The van der Waals surface area contributed by atoms with Crippen LogP contribution in [-0.2, 0) is 9.09 Å². The van der Waals surface area contributed by atoms with Crippen molar-refractivity contribution in [3.05, 3.63) is 12.2 Å². The molecule has 30 heavy (non-hydrogen) atoms. The van der Waals surface area contributed by atoms with Crippen molar-refractivity contribution in [2.24, 2.45) is 0 Å². The summed E-state index contributed by atoms with van der Waals surface area (Å²) in [6.45, 7) is 4.70. The lowest BCUT2D eigenvalue weighted by molar-refractivity contribution is -0.883. The van der Waals surface area contributed by atoms with Crippen molar-refractivity contribution < 1.29 is 18.5 Å². The summed E-state index contributed by atoms with van der Waals surface area (Å²) in [5, 5.41) is 0. The molecule has 0 aromatic carbocycles. The van der Waals surface area contributed by atoms with E-state index in [0.29, 0.717) is 17.5 Å². The van der Waals surface area contributed by atoms with E-state index >= 15 is 0 Å². The van der Waals surface area contributed by atoms with E-state index in [1.54, 1.807) is 0 Å². The van der Waals surface area contributed by atoms with Gasteiger partial charge in [0.2, 0.25) is 0 Å². The van der Waals surface area contributed by atoms with Gasteiger partial charge in [0.15, 0.2) is 5.78 Å². The first-order valence-electron chi connectivity index (χ1n) is 12.7. The van der Waals surface area contributed by atoms with Gasteiger partial charge in [-0.05, 0) is 32.1 Å². The molecule has 0 spiro atoms. The smallest absolute Gasteiger partial charge is 0.320 e. The minimum absolute atomic E-state index is 0.334. The largest absolute Gasteiger partial charge is 0.385 e. The van der Waals surface area contributed by atoms with E-state index in [9.17, 15) is 9.46 Å². The van der Waals surface area contributed by atoms with Crippen LogP contribution in [0, 0.1) is 0 Å². The summed E-state index contributed by atoms with van der Waals surface area (Å²) in [7, 11) is 2.35. The monoisotopic (exact) mass is 446 g/mol. The molecular weight excluding hydrogens is 393 g/mol. The predicted octanol–water partition coefficient (Wildman–Crippen LogP) is 8.06. The van der Waals surface area contributed by atoms with Crippen LogP contribution < -0.4 is 0 Å². The Bertz CT molecular complexity index is 460. The number of hydrogen-bond acceptors (Lipinski definition) is 2. The van der Waals surface area contributed by atoms with Gasteiger partial charge in [0, 0.05) is 6.42 Å². The first kappa shape index (κ1) is 29.9. The van der Waals surface area contributed by atoms with Crippen LogP contribution in [0.4, 0.5) is 0 Å². The Morgan fingerprint density at radius 2 is 1.23 bits per heavy atom. The third kappa shape index (κ3) is 16.5. The predicted molar refractivity (Wildman–Crippen MR) is 132 cm³/mol. The van der Waals surface area contributed by atoms with Crippen LogP contribution >= 0.6 is 7.60 Å². The minimum atomic E-state index is -3.56. The van der Waals surface area contributed by atoms with Gasteiger partial charge in [-0.2, -0.15) is 0 Å². The Morgan fingerprint density at radius 1 is 0.767 bits per heavy atom. The SMILES string of the molecule is CCCCC=CCCCCCCCCCCCCOP(=O)(O)C(CCC)[N+](C)(C)C. The summed E-state index contributed by atoms with van der Waals surface area (Å²) in [4.78, 5) is 10.4. The molecule has 5 heteroatoms. The molecule has 0 rings (SSSR count). The first-order chi connectivity index (χ1) is 14.3. The van der Waals surface area contributed by atoms with Gasteiger partial charge in [-0.15, -0.1) is 0 Å². The van der Waals surface area contributed by atoms with Crippen LogP contribution in [0.25, 0.3) is 0 Å². The number of rotatable bonds is 21. The molecule has 2 atom stereocenters. The number of nitrogens with zero attached hydrogens (tertiary/aromatic N) is 1. The molecule has 0 aliphatic carbocycles. The second-order valence-electron chi connectivity index (χ2n) is 9.72. The van der Waals surface area contributed by atoms with Crippen molar-refractivity contribution in [1.29, 1.82) is 0 Å². The van der Waals surface area contributed by atoms with Crippen LogP contribution in [-0.4, -0.2) is 42.9 Å². The minimum Gasteiger partial charge on any atom is -0.320 e. The molecule has 0 saturated carbocycles. The van der Waals surface area contributed by atoms with Crippen LogP contribution in [0.2, 0.25) is 0 Å². The summed E-state index contributed by atoms with van der Waals surface area (Å²) in [6, 6.07) is 0. The van der Waals surface area contributed by atoms with Crippen molar-refractivity contribution in [2.75, 3.05) is 27.7 Å². The van der Waals surface area contributed by atoms with Gasteiger partial charge in [-0.25, -0.2) is 0 Å². The topological polar surface area (TPSA) is 46.5 Å². The summed E-state index contributed by atoms with van der Waals surface area (Å²) >= 11 is 0. The second-order valence-corrected chi connectivity index (χ2v) is 11.7. The summed E-state index contributed by atoms with van der Waals surface area (Å²) in [5.41, 5.74) is 0. The summed E-state index contributed by atoms with van der Waals surface area (Å²) < 4.78 is 18.6. The van der Waals surface area contributed by atoms with E-state index in [0.717, 1.165) is 19.3 Å². The number of unbranched alkanes of at least 4 members (excludes halogenated alkanes) is 12. The quantitative estimate of drug-likeness (QED) is 0.0839. The summed E-state index contributed by atoms with van der Waals surface area (Å²) in [5.74, 6) is -0.334. The van der Waals surface area contributed by atoms with Crippen molar-refractivity contribution >= 4 is 7.60 Å². The third-order valence-corrected chi connectivity index (χ3v) is 8.01. The zero-order chi connectivity index (χ0) is 22.7. The fourth-order valence-electron chi connectivity index (χ4n) is 3.86. The van der Waals surface area contributed by atoms with Crippen molar-refractivity contribution in [2.45, 2.75) is 122 Å². The molecule has 4 nitrogen and oxygen atoms in total. The van der Waals surface area contributed by atoms with Gasteiger partial charge >= 0.3 is 7.60 Å². The van der Waals surface area contributed by atoms with Crippen molar-refractivity contribution in [1.82, 2.24) is 0 Å². The van der Waals surface area contributed by atoms with Gasteiger partial charge < -0.3 is 13.9 Å². The highest BCUT2D eigenvalue weighted by Gasteiger charge is 2.41. The fraction of sp³-hybridized carbons (Fsp3) is 0.920. The molecule has 180 valence electrons. The average molecular weight is 447 g/mol. The highest BCUT2D eigenvalue weighted by molar-refractivity contribution is 7.53. The van der Waals surface area contributed by atoms with Crippen LogP contribution in [0.15, 0.2) is 12.2 Å². The Labute approximate surface area is 188 Å². The molecule has 0 aliphatic rings. The summed E-state index contributed by atoms with van der Waals surface area (Å²) in [6.07, 6.45) is 24.0. The van der Waals surface area contributed by atoms with Crippen LogP contribution in [0.1, 0.15) is 117 Å². The molecule has 0 fully saturated rings. The molecule has 0 bridgehead atoms. The Kier molecular flexibility index (Phi) is 18.3. The Morgan fingerprint density at radius 3 is 1.70 bits per heavy atom. The molecule has 0 aromatic rings. The van der Waals surface area contributed by atoms with Gasteiger partial charge in [-0.1, -0.05) is 90.2 Å². The van der Waals surface area contributed by atoms with Gasteiger partial charge in [0.25, 0.3) is 0 Å². The standard InChI is InChI=1S/C25H52NO3P/c1-6-8-9-10-11-12-13-14-15-16-17-18-19-20-21-22-24-29-30(27,28)25(23-7-2)26(3,4)5/h10-11,25H,6-9,12-24H2,1-5H3/p+1. The van der Waals surface area contributed by atoms with E-state index in [-0.39, 0.29) is 5.78 Å². The molecule has 0 aromatic heterocycles. The van der Waals surface area contributed by atoms with Crippen molar-refractivity contribution in [3.8, 4) is 0 Å². The molecule has 0 saturated heterocycles. The van der Waals surface area contributed by atoms with E-state index < -0.39 is 7.60 Å². The van der Waals surface area contributed by atoms with E-state index in [4.69, 9.17) is 4.52 Å². The van der Waals surface area contributed by atoms with Crippen molar-refractivity contribution in [3.63, 3.8) is 0 Å². The Hall–Kier alpha value is -0.150. The maximum absolute atomic E-state index is 12.6. The highest BCUT2D eigenvalue weighted by atomic mass is 31.2. The highest BCUT2D eigenvalue weighted by Crippen LogP contribution is 2.51. The van der Waals surface area contributed by atoms with Gasteiger partial charge in [0.1, 0.15) is 0 Å². The molecule has 2 unspecified atom stereocenters. The normalized spacial score (nSPS) is 15.5. The number of hydrogen-bond donors (Lipinski definition) is 1. The second kappa shape index (κ2) is 18.4. The lowest BCUT2D eigenvalue weighted by Crippen LogP contribution is -2.45. The maximum atomic E-state index is 12.6. The van der Waals surface area contributed by atoms with Crippen LogP contribution in [0.3, 0.4) is 0 Å². The maximum Gasteiger partial charge on any atom is 0.385 e. The lowest BCUT2D eigenvalue weighted by atomic mass is 10.1. The molecule has 0 amide bonds. The van der Waals surface area contributed by atoms with E-state index in [2.05, 4.69) is 26.0 Å². The molecule has 0 heterocycles. The fourth-order valence-corrected chi connectivity index (χ4v) is 5.89. The van der Waals surface area contributed by atoms with E-state index in [1.807, 2.05) is 21.1 Å². The van der Waals surface area contributed by atoms with Gasteiger partial charge in [0.05, 0.1) is 27.7 Å². The van der Waals surface area contributed by atoms with Crippen LogP contribution in [0.5, 0.6) is 0 Å². The zero-order valence-electron chi connectivity index (χ0n) is 20.9. The zero-order valence-corrected chi connectivity index (χ0v) is 21.8.